The van der Waals surface area contributed by atoms with Crippen molar-refractivity contribution >= 4 is 11.9 Å². The summed E-state index contributed by atoms with van der Waals surface area (Å²) in [6.45, 7) is 3.45. The van der Waals surface area contributed by atoms with E-state index < -0.39 is 0 Å². The van der Waals surface area contributed by atoms with Gasteiger partial charge in [0.2, 0.25) is 11.9 Å². The largest absolute Gasteiger partial charge is 0.369 e. The number of aromatic nitrogens is 2. The van der Waals surface area contributed by atoms with Crippen molar-refractivity contribution in [3.63, 3.8) is 0 Å². The van der Waals surface area contributed by atoms with E-state index in [1.807, 2.05) is 0 Å². The summed E-state index contributed by atoms with van der Waals surface area (Å²) in [5, 5.41) is 3.16. The molecule has 0 unspecified atom stereocenters. The van der Waals surface area contributed by atoms with Crippen molar-refractivity contribution in [2.24, 2.45) is 11.7 Å². The Hall–Kier alpha value is -1.69. The van der Waals surface area contributed by atoms with E-state index in [9.17, 15) is 4.79 Å². The maximum absolute atomic E-state index is 11.2. The second-order valence-electron chi connectivity index (χ2n) is 4.54. The van der Waals surface area contributed by atoms with E-state index in [4.69, 9.17) is 5.73 Å². The molecule has 1 fully saturated rings. The number of anilines is 1. The average Bonchev–Trinajstić information content (AvgIpc) is 2.40. The van der Waals surface area contributed by atoms with Crippen LogP contribution in [0.5, 0.6) is 0 Å². The lowest BCUT2D eigenvalue weighted by molar-refractivity contribution is -0.123. The maximum atomic E-state index is 11.2. The number of rotatable bonds is 5. The second kappa shape index (κ2) is 6.30. The molecule has 0 aliphatic carbocycles. The quantitative estimate of drug-likeness (QED) is 0.772. The number of likely N-dealkylation sites (tertiary alicyclic amines) is 1. The Morgan fingerprint density at radius 2 is 2.28 bits per heavy atom. The first kappa shape index (κ1) is 12.8. The third kappa shape index (κ3) is 3.66. The molecule has 98 valence electrons. The predicted octanol–water partition coefficient (Wildman–Crippen LogP) is 0.0858. The van der Waals surface area contributed by atoms with Gasteiger partial charge in [-0.15, -0.1) is 0 Å². The van der Waals surface area contributed by atoms with Gasteiger partial charge in [0.1, 0.15) is 0 Å². The number of carbonyl (C=O) groups excluding carboxylic acids is 1. The minimum atomic E-state index is -0.181. The van der Waals surface area contributed by atoms with Gasteiger partial charge < -0.3 is 16.0 Å². The highest BCUT2D eigenvalue weighted by Crippen LogP contribution is 2.15. The van der Waals surface area contributed by atoms with Gasteiger partial charge in [0.25, 0.3) is 0 Å². The summed E-state index contributed by atoms with van der Waals surface area (Å²) < 4.78 is 0. The molecule has 1 aromatic rings. The monoisotopic (exact) mass is 249 g/mol. The molecule has 1 aliphatic rings. The van der Waals surface area contributed by atoms with Crippen molar-refractivity contribution < 1.29 is 4.79 Å². The van der Waals surface area contributed by atoms with Crippen LogP contribution in [0.2, 0.25) is 0 Å². The van der Waals surface area contributed by atoms with Crippen LogP contribution >= 0.6 is 0 Å². The van der Waals surface area contributed by atoms with Gasteiger partial charge in [-0.25, -0.2) is 9.97 Å². The van der Waals surface area contributed by atoms with Crippen molar-refractivity contribution in [2.75, 3.05) is 31.5 Å². The fraction of sp³-hybridized carbons (Fsp3) is 0.583. The molecule has 0 radical (unpaired) electrons. The predicted molar refractivity (Wildman–Crippen MR) is 68.9 cm³/mol. The van der Waals surface area contributed by atoms with Gasteiger partial charge in [0, 0.05) is 32.0 Å². The Labute approximate surface area is 107 Å². The number of piperidine rings is 1. The molecule has 18 heavy (non-hydrogen) atoms. The van der Waals surface area contributed by atoms with Crippen molar-refractivity contribution in [2.45, 2.75) is 12.8 Å². The molecule has 2 heterocycles. The van der Waals surface area contributed by atoms with Crippen LogP contribution in [0.15, 0.2) is 18.5 Å². The molecule has 3 N–H and O–H groups in total. The lowest BCUT2D eigenvalue weighted by Crippen LogP contribution is -2.42. The van der Waals surface area contributed by atoms with E-state index in [1.54, 1.807) is 18.5 Å². The lowest BCUT2D eigenvalue weighted by Gasteiger charge is -2.31. The van der Waals surface area contributed by atoms with Crippen LogP contribution in [0.4, 0.5) is 5.95 Å². The number of primary amides is 1. The molecule has 6 heteroatoms. The Bertz CT molecular complexity index is 383. The SMILES string of the molecule is NC(=O)[C@H]1CCCN(CCNc2ncccn2)C1. The standard InChI is InChI=1S/C12H19N5O/c13-11(18)10-3-1-7-17(9-10)8-6-16-12-14-4-2-5-15-12/h2,4-5,10H,1,3,6-9H2,(H2,13,18)(H,14,15,16)/t10-/m0/s1. The minimum absolute atomic E-state index is 0.00623. The molecule has 0 aromatic carbocycles. The normalized spacial score (nSPS) is 20.6. The van der Waals surface area contributed by atoms with E-state index in [-0.39, 0.29) is 11.8 Å². The average molecular weight is 249 g/mol. The van der Waals surface area contributed by atoms with Crippen molar-refractivity contribution in [3.05, 3.63) is 18.5 Å². The highest BCUT2D eigenvalue weighted by Gasteiger charge is 2.23. The molecule has 1 atom stereocenters. The van der Waals surface area contributed by atoms with Gasteiger partial charge in [-0.05, 0) is 25.5 Å². The molecule has 0 spiro atoms. The van der Waals surface area contributed by atoms with E-state index in [1.165, 1.54) is 0 Å². The maximum Gasteiger partial charge on any atom is 0.222 e. The fourth-order valence-electron chi connectivity index (χ4n) is 2.21. The highest BCUT2D eigenvalue weighted by molar-refractivity contribution is 5.76. The highest BCUT2D eigenvalue weighted by atomic mass is 16.1. The number of carbonyl (C=O) groups is 1. The molecular weight excluding hydrogens is 230 g/mol. The van der Waals surface area contributed by atoms with E-state index in [0.717, 1.165) is 39.0 Å². The Morgan fingerprint density at radius 1 is 1.50 bits per heavy atom. The van der Waals surface area contributed by atoms with Gasteiger partial charge >= 0.3 is 0 Å². The zero-order chi connectivity index (χ0) is 12.8. The van der Waals surface area contributed by atoms with E-state index in [2.05, 4.69) is 20.2 Å². The smallest absolute Gasteiger partial charge is 0.222 e. The molecule has 1 aromatic heterocycles. The van der Waals surface area contributed by atoms with E-state index >= 15 is 0 Å². The summed E-state index contributed by atoms with van der Waals surface area (Å²) in [6.07, 6.45) is 5.37. The number of amides is 1. The number of nitrogens with zero attached hydrogens (tertiary/aromatic N) is 3. The van der Waals surface area contributed by atoms with Crippen LogP contribution in [-0.4, -0.2) is 47.0 Å². The zero-order valence-corrected chi connectivity index (χ0v) is 10.4. The summed E-state index contributed by atoms with van der Waals surface area (Å²) in [5.74, 6) is 0.465. The second-order valence-corrected chi connectivity index (χ2v) is 4.54. The first-order valence-electron chi connectivity index (χ1n) is 6.28. The molecule has 6 nitrogen and oxygen atoms in total. The summed E-state index contributed by atoms with van der Waals surface area (Å²) >= 11 is 0. The van der Waals surface area contributed by atoms with Crippen LogP contribution in [0.25, 0.3) is 0 Å². The first-order chi connectivity index (χ1) is 8.75. The third-order valence-electron chi connectivity index (χ3n) is 3.18. The molecule has 0 bridgehead atoms. The van der Waals surface area contributed by atoms with Crippen molar-refractivity contribution in [3.8, 4) is 0 Å². The summed E-state index contributed by atoms with van der Waals surface area (Å²) in [4.78, 5) is 21.6. The van der Waals surface area contributed by atoms with Gasteiger partial charge in [0.05, 0.1) is 5.92 Å². The van der Waals surface area contributed by atoms with Crippen LogP contribution in [0.1, 0.15) is 12.8 Å². The summed E-state index contributed by atoms with van der Waals surface area (Å²) in [6, 6.07) is 1.78. The Balaban J connectivity index is 1.72. The zero-order valence-electron chi connectivity index (χ0n) is 10.4. The topological polar surface area (TPSA) is 84.1 Å². The van der Waals surface area contributed by atoms with Crippen molar-refractivity contribution in [1.82, 2.24) is 14.9 Å². The number of nitrogens with two attached hydrogens (primary N) is 1. The first-order valence-corrected chi connectivity index (χ1v) is 6.28. The third-order valence-corrected chi connectivity index (χ3v) is 3.18. The number of hydrogen-bond acceptors (Lipinski definition) is 5. The molecule has 1 aliphatic heterocycles. The summed E-state index contributed by atoms with van der Waals surface area (Å²) in [5.41, 5.74) is 5.35. The molecule has 2 rings (SSSR count). The van der Waals surface area contributed by atoms with Crippen LogP contribution < -0.4 is 11.1 Å². The fourth-order valence-corrected chi connectivity index (χ4v) is 2.21. The van der Waals surface area contributed by atoms with Crippen LogP contribution in [0, 0.1) is 5.92 Å². The van der Waals surface area contributed by atoms with Gasteiger partial charge in [-0.2, -0.15) is 0 Å². The molecule has 1 amide bonds. The number of nitrogens with one attached hydrogen (secondary N) is 1. The van der Waals surface area contributed by atoms with Crippen LogP contribution in [0.3, 0.4) is 0 Å². The lowest BCUT2D eigenvalue weighted by atomic mass is 9.97. The minimum Gasteiger partial charge on any atom is -0.369 e. The Kier molecular flexibility index (Phi) is 4.46. The Morgan fingerprint density at radius 3 is 3.00 bits per heavy atom. The van der Waals surface area contributed by atoms with Crippen molar-refractivity contribution in [1.29, 1.82) is 0 Å². The van der Waals surface area contributed by atoms with Crippen LogP contribution in [-0.2, 0) is 4.79 Å². The summed E-state index contributed by atoms with van der Waals surface area (Å²) in [7, 11) is 0. The van der Waals surface area contributed by atoms with E-state index in [0.29, 0.717) is 5.95 Å². The van der Waals surface area contributed by atoms with Gasteiger partial charge in [-0.1, -0.05) is 0 Å². The molecule has 1 saturated heterocycles. The van der Waals surface area contributed by atoms with Gasteiger partial charge in [0.15, 0.2) is 0 Å². The molecule has 0 saturated carbocycles. The number of hydrogen-bond donors (Lipinski definition) is 2. The van der Waals surface area contributed by atoms with Gasteiger partial charge in [-0.3, -0.25) is 4.79 Å². The molecular formula is C12H19N5O.